The molecule has 8 heteroatoms. The number of aromatic nitrogens is 3. The van der Waals surface area contributed by atoms with Crippen LogP contribution in [0.1, 0.15) is 65.5 Å². The lowest BCUT2D eigenvalue weighted by Gasteiger charge is -2.35. The number of aromatic amines is 1. The van der Waals surface area contributed by atoms with Gasteiger partial charge in [-0.05, 0) is 56.2 Å². The van der Waals surface area contributed by atoms with E-state index in [1.54, 1.807) is 17.0 Å². The summed E-state index contributed by atoms with van der Waals surface area (Å²) >= 11 is 0. The first-order chi connectivity index (χ1) is 16.1. The third kappa shape index (κ3) is 3.86. The highest BCUT2D eigenvalue weighted by Gasteiger charge is 2.32. The second-order valence-electron chi connectivity index (χ2n) is 9.70. The van der Waals surface area contributed by atoms with E-state index >= 15 is 0 Å². The lowest BCUT2D eigenvalue weighted by atomic mass is 9.98. The molecule has 3 aromatic rings. The van der Waals surface area contributed by atoms with E-state index in [0.29, 0.717) is 24.3 Å². The molecule has 0 bridgehead atoms. The Kier molecular flexibility index (Phi) is 5.05. The van der Waals surface area contributed by atoms with Crippen LogP contribution in [0.15, 0.2) is 35.1 Å². The Morgan fingerprint density at radius 2 is 2.03 bits per heavy atom. The first-order valence-electron chi connectivity index (χ1n) is 12.0. The van der Waals surface area contributed by atoms with E-state index in [1.807, 2.05) is 6.07 Å². The number of fused-ring (bicyclic) bond motifs is 2. The summed E-state index contributed by atoms with van der Waals surface area (Å²) in [6, 6.07) is 7.54. The number of carbonyl (C=O) groups is 1. The summed E-state index contributed by atoms with van der Waals surface area (Å²) in [5.74, 6) is 0.182. The molecule has 33 heavy (non-hydrogen) atoms. The number of nitrogens with zero attached hydrogens (tertiary/aromatic N) is 4. The van der Waals surface area contributed by atoms with Crippen molar-refractivity contribution in [2.45, 2.75) is 51.1 Å². The zero-order valence-corrected chi connectivity index (χ0v) is 18.6. The van der Waals surface area contributed by atoms with Crippen LogP contribution in [0.25, 0.3) is 5.65 Å². The lowest BCUT2D eigenvalue weighted by Crippen LogP contribution is -2.39. The standard InChI is InChI=1S/C25H28FN5O2/c26-18-5-3-4-17(12-18)24(32)30-10-2-1-6-22(30)21-13-23-27-20-9-11-29(14-16-7-8-16)15-19(20)25(33)31(23)28-21/h3-5,12-13,16,22,28H,1-2,6-11,14-15H2. The van der Waals surface area contributed by atoms with Gasteiger partial charge in [-0.1, -0.05) is 6.07 Å². The molecule has 1 amide bonds. The maximum atomic E-state index is 13.7. The Morgan fingerprint density at radius 1 is 1.15 bits per heavy atom. The Morgan fingerprint density at radius 3 is 2.85 bits per heavy atom. The number of hydrogen-bond donors (Lipinski definition) is 1. The second-order valence-corrected chi connectivity index (χ2v) is 9.70. The van der Waals surface area contributed by atoms with Crippen molar-refractivity contribution in [3.63, 3.8) is 0 Å². The summed E-state index contributed by atoms with van der Waals surface area (Å²) < 4.78 is 15.3. The van der Waals surface area contributed by atoms with Gasteiger partial charge in [0.05, 0.1) is 23.0 Å². The number of piperidine rings is 1. The number of rotatable bonds is 4. The van der Waals surface area contributed by atoms with Gasteiger partial charge in [-0.2, -0.15) is 0 Å². The molecule has 2 aliphatic heterocycles. The molecular weight excluding hydrogens is 421 g/mol. The first kappa shape index (κ1) is 20.6. The summed E-state index contributed by atoms with van der Waals surface area (Å²) in [6.07, 6.45) is 6.07. The Labute approximate surface area is 191 Å². The number of likely N-dealkylation sites (tertiary alicyclic amines) is 1. The van der Waals surface area contributed by atoms with Crippen molar-refractivity contribution in [1.82, 2.24) is 24.4 Å². The van der Waals surface area contributed by atoms with Crippen LogP contribution in [0.3, 0.4) is 0 Å². The number of nitrogens with one attached hydrogen (secondary N) is 1. The highest BCUT2D eigenvalue weighted by Crippen LogP contribution is 2.33. The predicted molar refractivity (Wildman–Crippen MR) is 122 cm³/mol. The van der Waals surface area contributed by atoms with Crippen LogP contribution in [-0.2, 0) is 13.0 Å². The molecular formula is C25H28FN5O2. The van der Waals surface area contributed by atoms with E-state index in [4.69, 9.17) is 4.98 Å². The normalized spacial score (nSPS) is 21.4. The molecule has 3 aliphatic rings. The fourth-order valence-electron chi connectivity index (χ4n) is 5.33. The van der Waals surface area contributed by atoms with Crippen LogP contribution >= 0.6 is 0 Å². The number of benzene rings is 1. The van der Waals surface area contributed by atoms with Crippen molar-refractivity contribution in [1.29, 1.82) is 0 Å². The molecule has 4 heterocycles. The van der Waals surface area contributed by atoms with Crippen LogP contribution < -0.4 is 5.56 Å². The number of carbonyl (C=O) groups excluding carboxylic acids is 1. The number of halogens is 1. The van der Waals surface area contributed by atoms with Crippen molar-refractivity contribution in [2.75, 3.05) is 19.6 Å². The molecule has 1 aromatic carbocycles. The van der Waals surface area contributed by atoms with Gasteiger partial charge in [0.1, 0.15) is 5.82 Å². The first-order valence-corrected chi connectivity index (χ1v) is 12.0. The van der Waals surface area contributed by atoms with Crippen molar-refractivity contribution < 1.29 is 9.18 Å². The molecule has 1 saturated heterocycles. The molecule has 172 valence electrons. The van der Waals surface area contributed by atoms with Crippen molar-refractivity contribution in [3.05, 3.63) is 69.0 Å². The van der Waals surface area contributed by atoms with E-state index in [9.17, 15) is 14.0 Å². The van der Waals surface area contributed by atoms with Gasteiger partial charge in [0.15, 0.2) is 5.65 Å². The van der Waals surface area contributed by atoms with E-state index in [2.05, 4.69) is 10.00 Å². The average molecular weight is 450 g/mol. The van der Waals surface area contributed by atoms with Gasteiger partial charge in [-0.25, -0.2) is 13.9 Å². The SMILES string of the molecule is O=C(c1cccc(F)c1)N1CCCCC1c1cc2nc3c(c(=O)n2[nH]1)CN(CC1CC1)CC3. The van der Waals surface area contributed by atoms with Crippen molar-refractivity contribution in [2.24, 2.45) is 5.92 Å². The highest BCUT2D eigenvalue weighted by atomic mass is 19.1. The molecule has 6 rings (SSSR count). The lowest BCUT2D eigenvalue weighted by molar-refractivity contribution is 0.0605. The van der Waals surface area contributed by atoms with E-state index < -0.39 is 5.82 Å². The number of H-pyrrole nitrogens is 1. The second kappa shape index (κ2) is 8.09. The largest absolute Gasteiger partial charge is 0.330 e. The van der Waals surface area contributed by atoms with Crippen molar-refractivity contribution in [3.8, 4) is 0 Å². The number of amides is 1. The molecule has 7 nitrogen and oxygen atoms in total. The average Bonchev–Trinajstić information content (AvgIpc) is 3.54. The third-order valence-electron chi connectivity index (χ3n) is 7.27. The van der Waals surface area contributed by atoms with Crippen LogP contribution in [0.2, 0.25) is 0 Å². The van der Waals surface area contributed by atoms with Gasteiger partial charge in [0.2, 0.25) is 0 Å². The summed E-state index contributed by atoms with van der Waals surface area (Å²) in [5, 5.41) is 3.25. The minimum atomic E-state index is -0.419. The van der Waals surface area contributed by atoms with Gasteiger partial charge >= 0.3 is 0 Å². The molecule has 2 fully saturated rings. The summed E-state index contributed by atoms with van der Waals surface area (Å²) in [4.78, 5) is 35.5. The quantitative estimate of drug-likeness (QED) is 0.663. The van der Waals surface area contributed by atoms with E-state index in [0.717, 1.165) is 61.6 Å². The minimum absolute atomic E-state index is 0.0411. The molecule has 1 aliphatic carbocycles. The number of hydrogen-bond acceptors (Lipinski definition) is 4. The molecule has 2 aromatic heterocycles. The van der Waals surface area contributed by atoms with Crippen LogP contribution in [0, 0.1) is 11.7 Å². The summed E-state index contributed by atoms with van der Waals surface area (Å²) in [6.45, 7) is 3.27. The van der Waals surface area contributed by atoms with Gasteiger partial charge in [0.25, 0.3) is 11.5 Å². The maximum absolute atomic E-state index is 13.7. The predicted octanol–water partition coefficient (Wildman–Crippen LogP) is 3.30. The molecule has 1 N–H and O–H groups in total. The van der Waals surface area contributed by atoms with Gasteiger partial charge in [-0.3, -0.25) is 19.6 Å². The smallest absolute Gasteiger partial charge is 0.277 e. The molecule has 0 radical (unpaired) electrons. The molecule has 1 unspecified atom stereocenters. The Bertz CT molecular complexity index is 1280. The fourth-order valence-corrected chi connectivity index (χ4v) is 5.33. The van der Waals surface area contributed by atoms with Crippen LogP contribution in [-0.4, -0.2) is 49.9 Å². The van der Waals surface area contributed by atoms with Gasteiger partial charge in [0, 0.05) is 44.2 Å². The summed E-state index contributed by atoms with van der Waals surface area (Å²) in [5.41, 5.74) is 3.40. The monoisotopic (exact) mass is 449 g/mol. The highest BCUT2D eigenvalue weighted by molar-refractivity contribution is 5.94. The zero-order chi connectivity index (χ0) is 22.5. The fraction of sp³-hybridized carbons (Fsp3) is 0.480. The van der Waals surface area contributed by atoms with Gasteiger partial charge < -0.3 is 4.90 Å². The van der Waals surface area contributed by atoms with Crippen LogP contribution in [0.4, 0.5) is 4.39 Å². The Hall–Kier alpha value is -3.00. The van der Waals surface area contributed by atoms with Gasteiger partial charge in [-0.15, -0.1) is 0 Å². The van der Waals surface area contributed by atoms with E-state index in [-0.39, 0.29) is 17.5 Å². The molecule has 1 atom stereocenters. The third-order valence-corrected chi connectivity index (χ3v) is 7.27. The van der Waals surface area contributed by atoms with E-state index in [1.165, 1.54) is 29.5 Å². The van der Waals surface area contributed by atoms with Crippen LogP contribution in [0.5, 0.6) is 0 Å². The zero-order valence-electron chi connectivity index (χ0n) is 18.6. The molecule has 1 saturated carbocycles. The van der Waals surface area contributed by atoms with Crippen molar-refractivity contribution >= 4 is 11.6 Å². The minimum Gasteiger partial charge on any atom is -0.330 e. The summed E-state index contributed by atoms with van der Waals surface area (Å²) in [7, 11) is 0. The maximum Gasteiger partial charge on any atom is 0.277 e. The topological polar surface area (TPSA) is 73.7 Å². The Balaban J connectivity index is 1.33. The molecule has 0 spiro atoms.